The number of nitro groups is 1. The van der Waals surface area contributed by atoms with E-state index in [-0.39, 0.29) is 11.5 Å². The highest BCUT2D eigenvalue weighted by atomic mass is 19.1. The van der Waals surface area contributed by atoms with Crippen molar-refractivity contribution in [2.24, 2.45) is 0 Å². The fraction of sp³-hybridized carbons (Fsp3) is 0.300. The second kappa shape index (κ2) is 5.80. The number of nitrogens with zero attached hydrogens (tertiary/aromatic N) is 1. The van der Waals surface area contributed by atoms with Crippen molar-refractivity contribution in [1.29, 1.82) is 0 Å². The van der Waals surface area contributed by atoms with Gasteiger partial charge in [-0.1, -0.05) is 0 Å². The molecule has 0 amide bonds. The third kappa shape index (κ3) is 3.06. The minimum absolute atomic E-state index is 0.285. The molecule has 0 saturated carbocycles. The highest BCUT2D eigenvalue weighted by molar-refractivity contribution is 5.71. The third-order valence-electron chi connectivity index (χ3n) is 2.00. The number of hydrogen-bond acceptors (Lipinski definition) is 6. The molecular weight excluding hydrogens is 249 g/mol. The highest BCUT2D eigenvalue weighted by Crippen LogP contribution is 2.33. The molecule has 0 bridgehead atoms. The van der Waals surface area contributed by atoms with Gasteiger partial charge in [0.25, 0.3) is 0 Å². The minimum atomic E-state index is -0.831. The monoisotopic (exact) mass is 259 g/mol. The molecule has 18 heavy (non-hydrogen) atoms. The quantitative estimate of drug-likeness (QED) is 0.450. The molecule has 0 atom stereocenters. The van der Waals surface area contributed by atoms with E-state index in [4.69, 9.17) is 4.74 Å². The summed E-state index contributed by atoms with van der Waals surface area (Å²) in [4.78, 5) is 20.8. The molecule has 1 rings (SSSR count). The molecule has 98 valence electrons. The average Bonchev–Trinajstić information content (AvgIpc) is 2.35. The maximum absolute atomic E-state index is 13.4. The maximum Gasteiger partial charge on any atom is 0.343 e. The predicted molar refractivity (Wildman–Crippen MR) is 57.1 cm³/mol. The number of ether oxygens (including phenoxy) is 3. The predicted octanol–water partition coefficient (Wildman–Crippen LogP) is 1.29. The Hall–Kier alpha value is -2.38. The first-order valence-corrected chi connectivity index (χ1v) is 4.71. The van der Waals surface area contributed by atoms with Gasteiger partial charge in [-0.15, -0.1) is 0 Å². The van der Waals surface area contributed by atoms with Crippen molar-refractivity contribution in [2.45, 2.75) is 0 Å². The Morgan fingerprint density at radius 3 is 2.56 bits per heavy atom. The standard InChI is InChI=1S/C10H10FNO6/c1-16-8-4-7(12(14)15)9(3-6(8)11)18-5-10(13)17-2/h3-4H,5H2,1-2H3. The number of hydrogen-bond donors (Lipinski definition) is 0. The lowest BCUT2D eigenvalue weighted by Gasteiger charge is -2.07. The van der Waals surface area contributed by atoms with E-state index in [0.29, 0.717) is 0 Å². The summed E-state index contributed by atoms with van der Waals surface area (Å²) in [6.45, 7) is -0.552. The van der Waals surface area contributed by atoms with Gasteiger partial charge in [0.15, 0.2) is 18.2 Å². The van der Waals surface area contributed by atoms with E-state index < -0.39 is 29.0 Å². The summed E-state index contributed by atoms with van der Waals surface area (Å²) < 4.78 is 27.1. The first-order chi connectivity index (χ1) is 8.49. The lowest BCUT2D eigenvalue weighted by atomic mass is 10.2. The van der Waals surface area contributed by atoms with Crippen molar-refractivity contribution in [3.8, 4) is 11.5 Å². The van der Waals surface area contributed by atoms with Crippen molar-refractivity contribution in [2.75, 3.05) is 20.8 Å². The lowest BCUT2D eigenvalue weighted by molar-refractivity contribution is -0.385. The molecule has 0 aliphatic rings. The molecule has 7 nitrogen and oxygen atoms in total. The Morgan fingerprint density at radius 2 is 2.06 bits per heavy atom. The van der Waals surface area contributed by atoms with Crippen LogP contribution in [0.25, 0.3) is 0 Å². The number of carbonyl (C=O) groups excluding carboxylic acids is 1. The van der Waals surface area contributed by atoms with Crippen LogP contribution in [0.3, 0.4) is 0 Å². The molecule has 0 N–H and O–H groups in total. The zero-order valence-electron chi connectivity index (χ0n) is 9.64. The molecule has 0 spiro atoms. The second-order valence-electron chi connectivity index (χ2n) is 3.08. The van der Waals surface area contributed by atoms with E-state index in [2.05, 4.69) is 9.47 Å². The summed E-state index contributed by atoms with van der Waals surface area (Å²) in [5.74, 6) is -2.22. The molecule has 0 aliphatic carbocycles. The van der Waals surface area contributed by atoms with Crippen LogP contribution in [0.15, 0.2) is 12.1 Å². The van der Waals surface area contributed by atoms with E-state index in [1.165, 1.54) is 7.11 Å². The lowest BCUT2D eigenvalue weighted by Crippen LogP contribution is -2.13. The molecule has 1 aromatic carbocycles. The third-order valence-corrected chi connectivity index (χ3v) is 2.00. The van der Waals surface area contributed by atoms with Crippen molar-refractivity contribution in [3.63, 3.8) is 0 Å². The Kier molecular flexibility index (Phi) is 4.41. The topological polar surface area (TPSA) is 87.9 Å². The van der Waals surface area contributed by atoms with Crippen molar-refractivity contribution >= 4 is 11.7 Å². The van der Waals surface area contributed by atoms with Gasteiger partial charge in [0.2, 0.25) is 5.75 Å². The number of rotatable bonds is 5. The zero-order valence-corrected chi connectivity index (χ0v) is 9.64. The Morgan fingerprint density at radius 1 is 1.39 bits per heavy atom. The molecule has 0 fully saturated rings. The van der Waals surface area contributed by atoms with E-state index in [1.807, 2.05) is 0 Å². The minimum Gasteiger partial charge on any atom is -0.493 e. The maximum atomic E-state index is 13.4. The van der Waals surface area contributed by atoms with Gasteiger partial charge in [0.05, 0.1) is 25.2 Å². The number of esters is 1. The van der Waals surface area contributed by atoms with Gasteiger partial charge in [0.1, 0.15) is 0 Å². The molecule has 0 aliphatic heterocycles. The Labute approximate surface area is 101 Å². The summed E-state index contributed by atoms with van der Waals surface area (Å²) >= 11 is 0. The zero-order chi connectivity index (χ0) is 13.7. The van der Waals surface area contributed by atoms with E-state index in [9.17, 15) is 19.3 Å². The first-order valence-electron chi connectivity index (χ1n) is 4.71. The molecule has 0 heterocycles. The van der Waals surface area contributed by atoms with E-state index >= 15 is 0 Å². The summed E-state index contributed by atoms with van der Waals surface area (Å²) in [7, 11) is 2.31. The van der Waals surface area contributed by atoms with Crippen LogP contribution in [-0.2, 0) is 9.53 Å². The summed E-state index contributed by atoms with van der Waals surface area (Å²) in [5.41, 5.74) is -0.503. The molecule has 0 unspecified atom stereocenters. The number of carbonyl (C=O) groups is 1. The van der Waals surface area contributed by atoms with Gasteiger partial charge in [-0.05, 0) is 0 Å². The molecule has 8 heteroatoms. The van der Waals surface area contributed by atoms with Gasteiger partial charge >= 0.3 is 11.7 Å². The Bertz CT molecular complexity index is 476. The molecule has 0 saturated heterocycles. The van der Waals surface area contributed by atoms with Crippen LogP contribution >= 0.6 is 0 Å². The van der Waals surface area contributed by atoms with Crippen LogP contribution in [0, 0.1) is 15.9 Å². The van der Waals surface area contributed by atoms with Gasteiger partial charge < -0.3 is 14.2 Å². The summed E-state index contributed by atoms with van der Waals surface area (Å²) in [6.07, 6.45) is 0. The van der Waals surface area contributed by atoms with E-state index in [1.54, 1.807) is 0 Å². The van der Waals surface area contributed by atoms with Gasteiger partial charge in [0, 0.05) is 6.07 Å². The number of nitro benzene ring substituents is 1. The highest BCUT2D eigenvalue weighted by Gasteiger charge is 2.21. The molecule has 0 aromatic heterocycles. The second-order valence-corrected chi connectivity index (χ2v) is 3.08. The smallest absolute Gasteiger partial charge is 0.343 e. The van der Waals surface area contributed by atoms with Crippen molar-refractivity contribution < 1.29 is 28.3 Å². The van der Waals surface area contributed by atoms with Crippen LogP contribution in [0.4, 0.5) is 10.1 Å². The first kappa shape index (κ1) is 13.7. The summed E-state index contributed by atoms with van der Waals surface area (Å²) in [5, 5.41) is 10.7. The van der Waals surface area contributed by atoms with Gasteiger partial charge in [-0.2, -0.15) is 0 Å². The largest absolute Gasteiger partial charge is 0.493 e. The van der Waals surface area contributed by atoms with Crippen LogP contribution in [-0.4, -0.2) is 31.7 Å². The number of benzene rings is 1. The Balaban J connectivity index is 3.05. The fourth-order valence-electron chi connectivity index (χ4n) is 1.13. The molecule has 0 radical (unpaired) electrons. The van der Waals surface area contributed by atoms with Gasteiger partial charge in [-0.3, -0.25) is 10.1 Å². The fourth-order valence-corrected chi connectivity index (χ4v) is 1.13. The molecule has 1 aromatic rings. The van der Waals surface area contributed by atoms with Crippen molar-refractivity contribution in [1.82, 2.24) is 0 Å². The average molecular weight is 259 g/mol. The van der Waals surface area contributed by atoms with Crippen LogP contribution in [0.2, 0.25) is 0 Å². The van der Waals surface area contributed by atoms with Crippen LogP contribution in [0.1, 0.15) is 0 Å². The van der Waals surface area contributed by atoms with E-state index in [0.717, 1.165) is 19.2 Å². The number of methoxy groups -OCH3 is 2. The summed E-state index contributed by atoms with van der Waals surface area (Å²) in [6, 6.07) is 1.65. The number of halogens is 1. The van der Waals surface area contributed by atoms with Crippen LogP contribution in [0.5, 0.6) is 11.5 Å². The SMILES string of the molecule is COC(=O)COc1cc(F)c(OC)cc1[N+](=O)[O-]. The van der Waals surface area contributed by atoms with Crippen LogP contribution < -0.4 is 9.47 Å². The van der Waals surface area contributed by atoms with Gasteiger partial charge in [-0.25, -0.2) is 9.18 Å². The normalized spacial score (nSPS) is 9.72. The molecular formula is C10H10FNO6. The van der Waals surface area contributed by atoms with Crippen molar-refractivity contribution in [3.05, 3.63) is 28.1 Å².